The Balaban J connectivity index is 1.82. The Hall–Kier alpha value is -3.22. The van der Waals surface area contributed by atoms with E-state index in [1.165, 1.54) is 25.1 Å². The number of hydrogen-bond acceptors (Lipinski definition) is 4. The molecule has 2 aromatic rings. The van der Waals surface area contributed by atoms with Crippen molar-refractivity contribution >= 4 is 17.9 Å². The Bertz CT molecular complexity index is 765. The summed E-state index contributed by atoms with van der Waals surface area (Å²) in [6, 6.07) is 13.7. The number of imide groups is 1. The van der Waals surface area contributed by atoms with E-state index in [2.05, 4.69) is 10.6 Å². The predicted octanol–water partition coefficient (Wildman–Crippen LogP) is 2.40. The third-order valence-electron chi connectivity index (χ3n) is 3.28. The minimum absolute atomic E-state index is 0.239. The van der Waals surface area contributed by atoms with Gasteiger partial charge in [0.25, 0.3) is 5.91 Å². The molecular formula is C18H17FN2O4. The van der Waals surface area contributed by atoms with Crippen LogP contribution in [0.3, 0.4) is 0 Å². The van der Waals surface area contributed by atoms with Gasteiger partial charge in [-0.15, -0.1) is 0 Å². The van der Waals surface area contributed by atoms with E-state index in [0.29, 0.717) is 0 Å². The van der Waals surface area contributed by atoms with Crippen molar-refractivity contribution in [2.75, 3.05) is 0 Å². The highest BCUT2D eigenvalue weighted by Gasteiger charge is 2.22. The van der Waals surface area contributed by atoms with Crippen LogP contribution in [0.4, 0.5) is 9.18 Å². The van der Waals surface area contributed by atoms with E-state index in [4.69, 9.17) is 4.74 Å². The van der Waals surface area contributed by atoms with Crippen LogP contribution < -0.4 is 10.6 Å². The van der Waals surface area contributed by atoms with Crippen LogP contribution in [0.25, 0.3) is 0 Å². The molecule has 0 aliphatic heterocycles. The maximum absolute atomic E-state index is 13.5. The minimum Gasteiger partial charge on any atom is -0.449 e. The lowest BCUT2D eigenvalue weighted by atomic mass is 10.2. The van der Waals surface area contributed by atoms with Gasteiger partial charge in [-0.2, -0.15) is 0 Å². The van der Waals surface area contributed by atoms with Crippen LogP contribution in [0, 0.1) is 5.82 Å². The van der Waals surface area contributed by atoms with Crippen molar-refractivity contribution in [3.8, 4) is 0 Å². The molecular weight excluding hydrogens is 327 g/mol. The van der Waals surface area contributed by atoms with Crippen molar-refractivity contribution in [3.63, 3.8) is 0 Å². The van der Waals surface area contributed by atoms with Crippen molar-refractivity contribution in [1.29, 1.82) is 0 Å². The van der Waals surface area contributed by atoms with Gasteiger partial charge in [0.1, 0.15) is 5.82 Å². The lowest BCUT2D eigenvalue weighted by Crippen LogP contribution is -2.44. The topological polar surface area (TPSA) is 84.5 Å². The summed E-state index contributed by atoms with van der Waals surface area (Å²) in [6.07, 6.45) is -1.26. The molecule has 2 N–H and O–H groups in total. The molecule has 0 saturated carbocycles. The molecule has 3 amide bonds. The first kappa shape index (κ1) is 18.1. The number of ether oxygens (including phenoxy) is 1. The predicted molar refractivity (Wildman–Crippen MR) is 88.1 cm³/mol. The van der Waals surface area contributed by atoms with E-state index >= 15 is 0 Å². The number of carbonyl (C=O) groups is 3. The van der Waals surface area contributed by atoms with Gasteiger partial charge >= 0.3 is 12.0 Å². The van der Waals surface area contributed by atoms with Crippen molar-refractivity contribution in [2.45, 2.75) is 19.6 Å². The summed E-state index contributed by atoms with van der Waals surface area (Å²) in [5.41, 5.74) is 0.583. The van der Waals surface area contributed by atoms with Crippen LogP contribution in [0.1, 0.15) is 22.8 Å². The number of rotatable bonds is 5. The third-order valence-corrected chi connectivity index (χ3v) is 3.28. The van der Waals surface area contributed by atoms with Crippen LogP contribution >= 0.6 is 0 Å². The molecule has 2 rings (SSSR count). The lowest BCUT2D eigenvalue weighted by Gasteiger charge is -2.13. The number of carbonyl (C=O) groups excluding carboxylic acids is 3. The number of amides is 3. The summed E-state index contributed by atoms with van der Waals surface area (Å²) in [5.74, 6) is -2.54. The molecule has 0 aromatic heterocycles. The molecule has 2 aromatic carbocycles. The highest BCUT2D eigenvalue weighted by atomic mass is 19.1. The van der Waals surface area contributed by atoms with E-state index < -0.39 is 29.8 Å². The Morgan fingerprint density at radius 2 is 1.68 bits per heavy atom. The molecule has 0 fully saturated rings. The van der Waals surface area contributed by atoms with Gasteiger partial charge in [-0.25, -0.2) is 14.0 Å². The lowest BCUT2D eigenvalue weighted by molar-refractivity contribution is -0.127. The average Bonchev–Trinajstić information content (AvgIpc) is 2.61. The molecule has 0 aliphatic rings. The van der Waals surface area contributed by atoms with Crippen molar-refractivity contribution < 1.29 is 23.5 Å². The second-order valence-electron chi connectivity index (χ2n) is 5.18. The fourth-order valence-corrected chi connectivity index (χ4v) is 1.94. The molecule has 0 radical (unpaired) electrons. The fraction of sp³-hybridized carbons (Fsp3) is 0.167. The molecule has 0 aliphatic carbocycles. The third kappa shape index (κ3) is 5.42. The van der Waals surface area contributed by atoms with Crippen LogP contribution in [-0.2, 0) is 16.1 Å². The molecule has 0 unspecified atom stereocenters. The van der Waals surface area contributed by atoms with Crippen LogP contribution in [0.2, 0.25) is 0 Å². The summed E-state index contributed by atoms with van der Waals surface area (Å²) < 4.78 is 18.4. The molecule has 6 nitrogen and oxygen atoms in total. The van der Waals surface area contributed by atoms with Crippen LogP contribution in [-0.4, -0.2) is 24.0 Å². The summed E-state index contributed by atoms with van der Waals surface area (Å²) >= 11 is 0. The van der Waals surface area contributed by atoms with E-state index in [-0.39, 0.29) is 12.1 Å². The van der Waals surface area contributed by atoms with E-state index in [1.54, 1.807) is 0 Å². The number of benzene rings is 2. The second-order valence-corrected chi connectivity index (χ2v) is 5.18. The van der Waals surface area contributed by atoms with Gasteiger partial charge in [-0.3, -0.25) is 10.1 Å². The van der Waals surface area contributed by atoms with Gasteiger partial charge in [-0.05, 0) is 24.6 Å². The van der Waals surface area contributed by atoms with Gasteiger partial charge in [0, 0.05) is 6.54 Å². The molecule has 0 spiro atoms. The van der Waals surface area contributed by atoms with E-state index in [0.717, 1.165) is 11.6 Å². The number of urea groups is 1. The summed E-state index contributed by atoms with van der Waals surface area (Å²) in [7, 11) is 0. The molecule has 0 bridgehead atoms. The zero-order valence-corrected chi connectivity index (χ0v) is 13.5. The van der Waals surface area contributed by atoms with Crippen molar-refractivity contribution in [3.05, 3.63) is 71.5 Å². The van der Waals surface area contributed by atoms with Crippen LogP contribution in [0.5, 0.6) is 0 Å². The van der Waals surface area contributed by atoms with Gasteiger partial charge < -0.3 is 10.1 Å². The summed E-state index contributed by atoms with van der Waals surface area (Å²) in [4.78, 5) is 35.4. The largest absolute Gasteiger partial charge is 0.449 e. The molecule has 7 heteroatoms. The van der Waals surface area contributed by atoms with Gasteiger partial charge in [0.2, 0.25) is 0 Å². The SMILES string of the molecule is C[C@H](OC(=O)c1ccccc1F)C(=O)NC(=O)NCc1ccccc1. The number of nitrogens with one attached hydrogen (secondary N) is 2. The Labute approximate surface area is 144 Å². The Morgan fingerprint density at radius 3 is 2.36 bits per heavy atom. The van der Waals surface area contributed by atoms with Crippen LogP contribution in [0.15, 0.2) is 54.6 Å². The fourth-order valence-electron chi connectivity index (χ4n) is 1.94. The first-order valence-electron chi connectivity index (χ1n) is 7.55. The number of halogens is 1. The highest BCUT2D eigenvalue weighted by molar-refractivity contribution is 5.98. The standard InChI is InChI=1S/C18H17FN2O4/c1-12(25-17(23)14-9-5-6-10-15(14)19)16(22)21-18(24)20-11-13-7-3-2-4-8-13/h2-10,12H,11H2,1H3,(H2,20,21,22,24)/t12-/m0/s1. The molecule has 0 saturated heterocycles. The monoisotopic (exact) mass is 344 g/mol. The first-order valence-corrected chi connectivity index (χ1v) is 7.55. The van der Waals surface area contributed by atoms with E-state index in [1.807, 2.05) is 30.3 Å². The average molecular weight is 344 g/mol. The first-order chi connectivity index (χ1) is 12.0. The van der Waals surface area contributed by atoms with Crippen molar-refractivity contribution in [1.82, 2.24) is 10.6 Å². The van der Waals surface area contributed by atoms with Crippen molar-refractivity contribution in [2.24, 2.45) is 0 Å². The summed E-state index contributed by atoms with van der Waals surface area (Å²) in [6.45, 7) is 1.53. The molecule has 1 atom stereocenters. The quantitative estimate of drug-likeness (QED) is 0.816. The zero-order chi connectivity index (χ0) is 18.2. The Morgan fingerprint density at radius 1 is 1.04 bits per heavy atom. The number of esters is 1. The normalized spacial score (nSPS) is 11.3. The van der Waals surface area contributed by atoms with Gasteiger partial charge in [0.15, 0.2) is 6.10 Å². The minimum atomic E-state index is -1.26. The second kappa shape index (κ2) is 8.58. The van der Waals surface area contributed by atoms with E-state index in [9.17, 15) is 18.8 Å². The maximum atomic E-state index is 13.5. The zero-order valence-electron chi connectivity index (χ0n) is 13.5. The van der Waals surface area contributed by atoms with Gasteiger partial charge in [-0.1, -0.05) is 42.5 Å². The molecule has 25 heavy (non-hydrogen) atoms. The Kier molecular flexibility index (Phi) is 6.22. The molecule has 130 valence electrons. The summed E-state index contributed by atoms with van der Waals surface area (Å²) in [5, 5.41) is 4.57. The number of hydrogen-bond donors (Lipinski definition) is 2. The molecule has 0 heterocycles. The smallest absolute Gasteiger partial charge is 0.341 e. The highest BCUT2D eigenvalue weighted by Crippen LogP contribution is 2.09. The maximum Gasteiger partial charge on any atom is 0.341 e. The van der Waals surface area contributed by atoms with Gasteiger partial charge in [0.05, 0.1) is 5.56 Å².